The van der Waals surface area contributed by atoms with E-state index in [0.717, 1.165) is 25.0 Å². The third-order valence-corrected chi connectivity index (χ3v) is 3.66. The Kier molecular flexibility index (Phi) is 5.25. The Morgan fingerprint density at radius 2 is 2.50 bits per heavy atom. The smallest absolute Gasteiger partial charge is 0.220 e. The van der Waals surface area contributed by atoms with E-state index >= 15 is 0 Å². The van der Waals surface area contributed by atoms with E-state index < -0.39 is 0 Å². The van der Waals surface area contributed by atoms with Crippen LogP contribution < -0.4 is 0 Å². The van der Waals surface area contributed by atoms with Crippen molar-refractivity contribution < 1.29 is 9.94 Å². The molecule has 1 atom stereocenters. The van der Waals surface area contributed by atoms with Gasteiger partial charge >= 0.3 is 0 Å². The van der Waals surface area contributed by atoms with E-state index in [-0.39, 0.29) is 5.25 Å². The highest BCUT2D eigenvalue weighted by Gasteiger charge is 2.23. The summed E-state index contributed by atoms with van der Waals surface area (Å²) in [4.78, 5) is 0. The van der Waals surface area contributed by atoms with Crippen molar-refractivity contribution in [3.8, 4) is 0 Å². The van der Waals surface area contributed by atoms with E-state index in [4.69, 9.17) is 22.2 Å². The number of oxime groups is 1. The Hall–Kier alpha value is -0.290. The van der Waals surface area contributed by atoms with Crippen LogP contribution in [0.15, 0.2) is 5.16 Å². The second-order valence-corrected chi connectivity index (χ2v) is 4.93. The van der Waals surface area contributed by atoms with Crippen molar-refractivity contribution in [3.05, 3.63) is 0 Å². The normalized spacial score (nSPS) is 24.9. The fourth-order valence-corrected chi connectivity index (χ4v) is 2.94. The molecule has 0 amide bonds. The van der Waals surface area contributed by atoms with E-state index in [9.17, 15) is 0 Å². The molecule has 0 aromatic carbocycles. The van der Waals surface area contributed by atoms with Crippen molar-refractivity contribution in [2.45, 2.75) is 37.9 Å². The number of nitrogens with zero attached hydrogens (tertiary/aromatic N) is 1. The molecule has 0 bridgehead atoms. The number of ether oxygens (including phenoxy) is 1. The zero-order valence-electron chi connectivity index (χ0n) is 8.23. The summed E-state index contributed by atoms with van der Waals surface area (Å²) in [7, 11) is 0. The molecule has 0 aromatic rings. The van der Waals surface area contributed by atoms with Gasteiger partial charge in [-0.1, -0.05) is 23.3 Å². The largest absolute Gasteiger partial charge is 0.479 e. The van der Waals surface area contributed by atoms with Crippen LogP contribution in [0.25, 0.3) is 0 Å². The van der Waals surface area contributed by atoms with E-state index in [0.29, 0.717) is 11.0 Å². The monoisotopic (exact) mass is 233 g/mol. The lowest BCUT2D eigenvalue weighted by Gasteiger charge is -2.22. The molecule has 80 valence electrons. The predicted molar refractivity (Wildman–Crippen MR) is 63.3 cm³/mol. The zero-order valence-corrected chi connectivity index (χ0v) is 9.87. The molecule has 0 aromatic heterocycles. The van der Waals surface area contributed by atoms with Gasteiger partial charge in [0, 0.05) is 0 Å². The van der Waals surface area contributed by atoms with Gasteiger partial charge < -0.3 is 9.94 Å². The van der Waals surface area contributed by atoms with E-state index in [1.165, 1.54) is 18.2 Å². The van der Waals surface area contributed by atoms with Gasteiger partial charge in [-0.15, -0.1) is 0 Å². The molecule has 1 N–H and O–H groups in total. The highest BCUT2D eigenvalue weighted by molar-refractivity contribution is 8.23. The third-order valence-electron chi connectivity index (χ3n) is 2.15. The number of hydrogen-bond acceptors (Lipinski definition) is 5. The fraction of sp³-hybridized carbons (Fsp3) is 0.778. The molecule has 1 saturated carbocycles. The molecule has 3 nitrogen and oxygen atoms in total. The standard InChI is InChI=1S/C9H15NO2S2/c1-2-12-9(13)14-8-6-4-3-5-7(8)10-11/h8,11H,2-6H2,1H3/b10-7-. The van der Waals surface area contributed by atoms with Gasteiger partial charge in [-0.2, -0.15) is 0 Å². The lowest BCUT2D eigenvalue weighted by atomic mass is 9.98. The van der Waals surface area contributed by atoms with Crippen LogP contribution in [-0.2, 0) is 4.74 Å². The second-order valence-electron chi connectivity index (χ2n) is 3.13. The van der Waals surface area contributed by atoms with Crippen LogP contribution in [0.2, 0.25) is 0 Å². The predicted octanol–water partition coefficient (Wildman–Crippen LogP) is 2.81. The first kappa shape index (κ1) is 11.8. The molecule has 0 heterocycles. The Bertz CT molecular complexity index is 231. The molecule has 5 heteroatoms. The van der Waals surface area contributed by atoms with Crippen LogP contribution in [-0.4, -0.2) is 27.2 Å². The molecule has 0 spiro atoms. The maximum atomic E-state index is 8.79. The molecule has 1 fully saturated rings. The average Bonchev–Trinajstić information content (AvgIpc) is 2.19. The minimum atomic E-state index is 0.216. The van der Waals surface area contributed by atoms with Gasteiger partial charge in [0.2, 0.25) is 4.38 Å². The Labute approximate surface area is 93.9 Å². The maximum absolute atomic E-state index is 8.79. The molecule has 14 heavy (non-hydrogen) atoms. The Morgan fingerprint density at radius 3 is 3.14 bits per heavy atom. The van der Waals surface area contributed by atoms with Gasteiger partial charge in [-0.25, -0.2) is 0 Å². The molecular formula is C9H15NO2S2. The summed E-state index contributed by atoms with van der Waals surface area (Å²) in [5, 5.41) is 12.3. The molecular weight excluding hydrogens is 218 g/mol. The first-order valence-corrected chi connectivity index (χ1v) is 6.11. The summed E-state index contributed by atoms with van der Waals surface area (Å²) in [6.07, 6.45) is 4.18. The van der Waals surface area contributed by atoms with E-state index in [1.807, 2.05) is 6.92 Å². The minimum absolute atomic E-state index is 0.216. The molecule has 0 aliphatic heterocycles. The summed E-state index contributed by atoms with van der Waals surface area (Å²) >= 11 is 6.54. The fourth-order valence-electron chi connectivity index (χ4n) is 1.47. The molecule has 0 saturated heterocycles. The highest BCUT2D eigenvalue weighted by atomic mass is 32.2. The van der Waals surface area contributed by atoms with Crippen molar-refractivity contribution in [2.24, 2.45) is 5.16 Å². The van der Waals surface area contributed by atoms with Crippen LogP contribution in [0.3, 0.4) is 0 Å². The van der Waals surface area contributed by atoms with Gasteiger partial charge in [0.05, 0.1) is 17.6 Å². The maximum Gasteiger partial charge on any atom is 0.220 e. The van der Waals surface area contributed by atoms with Crippen molar-refractivity contribution in [3.63, 3.8) is 0 Å². The van der Waals surface area contributed by atoms with Crippen LogP contribution in [0.5, 0.6) is 0 Å². The van der Waals surface area contributed by atoms with Crippen molar-refractivity contribution in [2.75, 3.05) is 6.61 Å². The number of thioether (sulfide) groups is 1. The lowest BCUT2D eigenvalue weighted by molar-refractivity contribution is 0.314. The number of rotatable bonds is 2. The van der Waals surface area contributed by atoms with Gasteiger partial charge in [0.1, 0.15) is 0 Å². The van der Waals surface area contributed by atoms with Crippen LogP contribution >= 0.6 is 24.0 Å². The molecule has 1 rings (SSSR count). The average molecular weight is 233 g/mol. The summed E-state index contributed by atoms with van der Waals surface area (Å²) < 4.78 is 5.75. The van der Waals surface area contributed by atoms with Crippen LogP contribution in [0.1, 0.15) is 32.6 Å². The van der Waals surface area contributed by atoms with Crippen LogP contribution in [0.4, 0.5) is 0 Å². The molecule has 0 radical (unpaired) electrons. The number of thiocarbonyl (C=S) groups is 1. The lowest BCUT2D eigenvalue weighted by Crippen LogP contribution is -2.23. The summed E-state index contributed by atoms with van der Waals surface area (Å²) in [6, 6.07) is 0. The van der Waals surface area contributed by atoms with Gasteiger partial charge in [-0.05, 0) is 38.4 Å². The first-order valence-electron chi connectivity index (χ1n) is 4.82. The Morgan fingerprint density at radius 1 is 1.71 bits per heavy atom. The van der Waals surface area contributed by atoms with Gasteiger partial charge in [0.25, 0.3) is 0 Å². The first-order chi connectivity index (χ1) is 6.77. The third kappa shape index (κ3) is 3.46. The number of hydrogen-bond donors (Lipinski definition) is 1. The molecule has 1 aliphatic rings. The van der Waals surface area contributed by atoms with Gasteiger partial charge in [0.15, 0.2) is 0 Å². The van der Waals surface area contributed by atoms with E-state index in [2.05, 4.69) is 5.16 Å². The van der Waals surface area contributed by atoms with Crippen molar-refractivity contribution >= 4 is 34.1 Å². The summed E-state index contributed by atoms with van der Waals surface area (Å²) in [6.45, 7) is 2.51. The second kappa shape index (κ2) is 6.24. The van der Waals surface area contributed by atoms with Crippen molar-refractivity contribution in [1.82, 2.24) is 0 Å². The minimum Gasteiger partial charge on any atom is -0.479 e. The topological polar surface area (TPSA) is 41.8 Å². The van der Waals surface area contributed by atoms with E-state index in [1.54, 1.807) is 0 Å². The molecule has 1 unspecified atom stereocenters. The van der Waals surface area contributed by atoms with Gasteiger partial charge in [-0.3, -0.25) is 0 Å². The highest BCUT2D eigenvalue weighted by Crippen LogP contribution is 2.27. The Balaban J connectivity index is 2.44. The molecule has 1 aliphatic carbocycles. The van der Waals surface area contributed by atoms with Crippen molar-refractivity contribution in [1.29, 1.82) is 0 Å². The SMILES string of the molecule is CCOC(=S)SC1CCCC/C1=N/O. The quantitative estimate of drug-likeness (QED) is 0.452. The zero-order chi connectivity index (χ0) is 10.4. The van der Waals surface area contributed by atoms with Crippen LogP contribution in [0, 0.1) is 0 Å². The summed E-state index contributed by atoms with van der Waals surface area (Å²) in [5.74, 6) is 0. The summed E-state index contributed by atoms with van der Waals surface area (Å²) in [5.41, 5.74) is 0.850.